The molecule has 0 N–H and O–H groups in total. The fourth-order valence-corrected chi connectivity index (χ4v) is 5.68. The Morgan fingerprint density at radius 2 is 1.41 bits per heavy atom. The van der Waals surface area contributed by atoms with Crippen LogP contribution in [0.3, 0.4) is 0 Å². The number of imide groups is 1. The molecule has 0 spiro atoms. The number of ketones is 1. The first kappa shape index (κ1) is 26.5. The second-order valence-electron chi connectivity index (χ2n) is 8.60. The van der Waals surface area contributed by atoms with Gasteiger partial charge in [0, 0.05) is 45.0 Å². The summed E-state index contributed by atoms with van der Waals surface area (Å²) in [5.41, 5.74) is -0.801. The smallest absolute Gasteiger partial charge is 0.273 e. The van der Waals surface area contributed by atoms with Crippen LogP contribution < -0.4 is 0 Å². The van der Waals surface area contributed by atoms with Gasteiger partial charge in [0.1, 0.15) is 6.54 Å². The summed E-state index contributed by atoms with van der Waals surface area (Å²) in [6.45, 7) is -0.761. The lowest BCUT2D eigenvalue weighted by Gasteiger charge is -2.30. The first-order chi connectivity index (χ1) is 17.5. The van der Waals surface area contributed by atoms with Gasteiger partial charge in [-0.15, -0.1) is 0 Å². The molecule has 4 rings (SSSR count). The molecule has 2 aliphatic rings. The molecule has 1 aliphatic carbocycles. The maximum atomic E-state index is 13.5. The molecule has 2 fully saturated rings. The summed E-state index contributed by atoms with van der Waals surface area (Å²) >= 11 is 6.99. The largest absolute Gasteiger partial charge is 0.292 e. The molecule has 1 saturated heterocycles. The minimum Gasteiger partial charge on any atom is -0.292 e. The van der Waals surface area contributed by atoms with Gasteiger partial charge in [-0.05, 0) is 25.0 Å². The molecule has 3 amide bonds. The Kier molecular flexibility index (Phi) is 7.50. The Hall–Kier alpha value is -3.52. The molecule has 1 aliphatic heterocycles. The standard InChI is InChI=1S/C23H18Br2N4O8/c24-18-9-16-17(10-19(18)25)23(33)27(22(16)32)26(21(31)12-4-6-14(7-5-12)28(34)35)11-20(30)13-2-1-3-15(8-13)29(36)37/h1-8,16-19H,9-11H2/t16-,17-,18-,19+/m1/s1. The lowest BCUT2D eigenvalue weighted by atomic mass is 9.81. The van der Waals surface area contributed by atoms with Crippen molar-refractivity contribution in [2.75, 3.05) is 6.54 Å². The highest BCUT2D eigenvalue weighted by Gasteiger charge is 2.54. The van der Waals surface area contributed by atoms with Crippen LogP contribution in [0.2, 0.25) is 0 Å². The Morgan fingerprint density at radius 3 is 1.92 bits per heavy atom. The van der Waals surface area contributed by atoms with Crippen molar-refractivity contribution < 1.29 is 29.0 Å². The Labute approximate surface area is 226 Å². The molecule has 4 atom stereocenters. The van der Waals surface area contributed by atoms with E-state index >= 15 is 0 Å². The number of hydrogen-bond acceptors (Lipinski definition) is 8. The number of hydrogen-bond donors (Lipinski definition) is 0. The molecule has 0 aromatic heterocycles. The van der Waals surface area contributed by atoms with Gasteiger partial charge in [-0.2, -0.15) is 5.01 Å². The SMILES string of the molecule is O=C(CN(C(=O)c1ccc([N+](=O)[O-])cc1)N1C(=O)[C@@H]2C[C@@H](Br)[C@@H](Br)C[C@H]2C1=O)c1cccc([N+](=O)[O-])c1. The molecule has 1 heterocycles. The first-order valence-corrected chi connectivity index (χ1v) is 12.8. The van der Waals surface area contributed by atoms with Crippen LogP contribution in [0.25, 0.3) is 0 Å². The number of benzene rings is 2. The van der Waals surface area contributed by atoms with Gasteiger partial charge in [0.15, 0.2) is 5.78 Å². The van der Waals surface area contributed by atoms with Gasteiger partial charge in [0.25, 0.3) is 29.1 Å². The third-order valence-corrected chi connectivity index (χ3v) is 9.09. The number of nitro groups is 2. The molecule has 0 unspecified atom stereocenters. The van der Waals surface area contributed by atoms with Gasteiger partial charge in [0.2, 0.25) is 0 Å². The summed E-state index contributed by atoms with van der Waals surface area (Å²) in [5, 5.41) is 23.5. The maximum Gasteiger partial charge on any atom is 0.273 e. The number of halogens is 2. The predicted molar refractivity (Wildman–Crippen MR) is 135 cm³/mol. The van der Waals surface area contributed by atoms with E-state index in [1.54, 1.807) is 0 Å². The topological polar surface area (TPSA) is 161 Å². The van der Waals surface area contributed by atoms with Crippen LogP contribution in [0.15, 0.2) is 48.5 Å². The molecule has 2 aromatic rings. The van der Waals surface area contributed by atoms with E-state index in [2.05, 4.69) is 31.9 Å². The van der Waals surface area contributed by atoms with Crippen molar-refractivity contribution in [1.82, 2.24) is 10.0 Å². The zero-order chi connectivity index (χ0) is 27.0. The van der Waals surface area contributed by atoms with E-state index < -0.39 is 51.7 Å². The molecule has 0 radical (unpaired) electrons. The molecule has 2 aromatic carbocycles. The summed E-state index contributed by atoms with van der Waals surface area (Å²) in [6.07, 6.45) is 0.667. The van der Waals surface area contributed by atoms with Crippen molar-refractivity contribution in [2.24, 2.45) is 11.8 Å². The number of nitro benzene ring substituents is 2. The third kappa shape index (κ3) is 5.16. The number of nitrogens with zero attached hydrogens (tertiary/aromatic N) is 4. The number of carbonyl (C=O) groups is 4. The van der Waals surface area contributed by atoms with Crippen molar-refractivity contribution in [3.05, 3.63) is 79.9 Å². The third-order valence-electron chi connectivity index (χ3n) is 6.36. The van der Waals surface area contributed by atoms with Gasteiger partial charge >= 0.3 is 0 Å². The van der Waals surface area contributed by atoms with Crippen LogP contribution in [0.4, 0.5) is 11.4 Å². The number of amides is 3. The van der Waals surface area contributed by atoms with E-state index in [1.165, 1.54) is 18.2 Å². The number of alkyl halides is 2. The molecular weight excluding hydrogens is 620 g/mol. The monoisotopic (exact) mass is 636 g/mol. The van der Waals surface area contributed by atoms with Gasteiger partial charge in [-0.3, -0.25) is 39.4 Å². The fraction of sp³-hybridized carbons (Fsp3) is 0.304. The van der Waals surface area contributed by atoms with Crippen molar-refractivity contribution in [2.45, 2.75) is 22.5 Å². The van der Waals surface area contributed by atoms with Crippen LogP contribution >= 0.6 is 31.9 Å². The molecule has 192 valence electrons. The number of carbonyl (C=O) groups excluding carboxylic acids is 4. The maximum absolute atomic E-state index is 13.5. The van der Waals surface area contributed by atoms with Crippen LogP contribution in [-0.2, 0) is 9.59 Å². The number of non-ortho nitro benzene ring substituents is 2. The van der Waals surface area contributed by atoms with Gasteiger partial charge < -0.3 is 0 Å². The Balaban J connectivity index is 1.71. The second kappa shape index (κ2) is 10.5. The number of fused-ring (bicyclic) bond motifs is 1. The van der Waals surface area contributed by atoms with Crippen molar-refractivity contribution in [3.63, 3.8) is 0 Å². The van der Waals surface area contributed by atoms with Crippen LogP contribution in [0, 0.1) is 32.1 Å². The zero-order valence-electron chi connectivity index (χ0n) is 18.9. The fourth-order valence-electron chi connectivity index (χ4n) is 4.44. The lowest BCUT2D eigenvalue weighted by molar-refractivity contribution is -0.385. The zero-order valence-corrected chi connectivity index (χ0v) is 22.0. The van der Waals surface area contributed by atoms with E-state index in [0.717, 1.165) is 35.3 Å². The van der Waals surface area contributed by atoms with Crippen LogP contribution in [0.5, 0.6) is 0 Å². The van der Waals surface area contributed by atoms with Gasteiger partial charge in [-0.1, -0.05) is 44.0 Å². The van der Waals surface area contributed by atoms with E-state index in [0.29, 0.717) is 17.9 Å². The summed E-state index contributed by atoms with van der Waals surface area (Å²) in [6, 6.07) is 9.36. The summed E-state index contributed by atoms with van der Waals surface area (Å²) in [7, 11) is 0. The molecule has 0 bridgehead atoms. The van der Waals surface area contributed by atoms with Crippen molar-refractivity contribution in [3.8, 4) is 0 Å². The molecule has 14 heteroatoms. The minimum atomic E-state index is -0.903. The summed E-state index contributed by atoms with van der Waals surface area (Å²) in [5.74, 6) is -4.33. The summed E-state index contributed by atoms with van der Waals surface area (Å²) in [4.78, 5) is 74.0. The second-order valence-corrected chi connectivity index (χ2v) is 11.0. The molecule has 1 saturated carbocycles. The molecular formula is C23H18Br2N4O8. The van der Waals surface area contributed by atoms with Gasteiger partial charge in [0.05, 0.1) is 21.7 Å². The number of Topliss-reactive ketones (excluding diaryl/α,β-unsaturated/α-hetero) is 1. The van der Waals surface area contributed by atoms with E-state index in [4.69, 9.17) is 0 Å². The highest BCUT2D eigenvalue weighted by atomic mass is 79.9. The van der Waals surface area contributed by atoms with Crippen LogP contribution in [0.1, 0.15) is 33.6 Å². The average Bonchev–Trinajstić information content (AvgIpc) is 3.11. The minimum absolute atomic E-state index is 0.0872. The van der Waals surface area contributed by atoms with Gasteiger partial charge in [-0.25, -0.2) is 5.01 Å². The van der Waals surface area contributed by atoms with Crippen molar-refractivity contribution in [1.29, 1.82) is 0 Å². The lowest BCUT2D eigenvalue weighted by Crippen LogP contribution is -2.52. The first-order valence-electron chi connectivity index (χ1n) is 11.0. The highest BCUT2D eigenvalue weighted by Crippen LogP contribution is 2.43. The van der Waals surface area contributed by atoms with E-state index in [1.807, 2.05) is 0 Å². The van der Waals surface area contributed by atoms with Crippen molar-refractivity contribution >= 4 is 66.7 Å². The van der Waals surface area contributed by atoms with E-state index in [-0.39, 0.29) is 32.2 Å². The predicted octanol–water partition coefficient (Wildman–Crippen LogP) is 3.67. The average molecular weight is 638 g/mol. The molecule has 12 nitrogen and oxygen atoms in total. The summed E-state index contributed by atoms with van der Waals surface area (Å²) < 4.78 is 0. The Bertz CT molecular complexity index is 1290. The highest BCUT2D eigenvalue weighted by molar-refractivity contribution is 9.12. The Morgan fingerprint density at radius 1 is 0.865 bits per heavy atom. The number of hydrazine groups is 1. The number of rotatable bonds is 7. The van der Waals surface area contributed by atoms with E-state index in [9.17, 15) is 39.4 Å². The van der Waals surface area contributed by atoms with Crippen LogP contribution in [-0.4, -0.2) is 59.6 Å². The molecule has 37 heavy (non-hydrogen) atoms. The normalized spacial score (nSPS) is 22.9. The quantitative estimate of drug-likeness (QED) is 0.146.